The van der Waals surface area contributed by atoms with Gasteiger partial charge in [-0.2, -0.15) is 0 Å². The SMILES string of the molecule is CCNC(=O)[C@@H](C)NC[C@H](c1cccs1)c1c[nH]c2ccccc12. The summed E-state index contributed by atoms with van der Waals surface area (Å²) in [4.78, 5) is 16.6. The molecule has 24 heavy (non-hydrogen) atoms. The topological polar surface area (TPSA) is 56.9 Å². The highest BCUT2D eigenvalue weighted by molar-refractivity contribution is 7.10. The summed E-state index contributed by atoms with van der Waals surface area (Å²) in [6.07, 6.45) is 2.09. The van der Waals surface area contributed by atoms with E-state index in [2.05, 4.69) is 57.5 Å². The number of nitrogens with one attached hydrogen (secondary N) is 3. The van der Waals surface area contributed by atoms with Crippen molar-refractivity contribution in [2.24, 2.45) is 0 Å². The molecule has 1 amide bonds. The fraction of sp³-hybridized carbons (Fsp3) is 0.316. The molecule has 0 aliphatic heterocycles. The molecule has 0 saturated carbocycles. The second-order valence-electron chi connectivity index (χ2n) is 5.88. The van der Waals surface area contributed by atoms with Crippen molar-refractivity contribution in [3.8, 4) is 0 Å². The summed E-state index contributed by atoms with van der Waals surface area (Å²) in [6.45, 7) is 5.22. The zero-order chi connectivity index (χ0) is 16.9. The van der Waals surface area contributed by atoms with Crippen LogP contribution < -0.4 is 10.6 Å². The maximum Gasteiger partial charge on any atom is 0.236 e. The highest BCUT2D eigenvalue weighted by Gasteiger charge is 2.21. The first-order chi connectivity index (χ1) is 11.7. The van der Waals surface area contributed by atoms with E-state index in [1.807, 2.05) is 19.9 Å². The summed E-state index contributed by atoms with van der Waals surface area (Å²) < 4.78 is 0. The molecule has 3 rings (SSSR count). The maximum absolute atomic E-state index is 12.0. The van der Waals surface area contributed by atoms with Crippen LogP contribution in [0, 0.1) is 0 Å². The van der Waals surface area contributed by atoms with E-state index in [0.717, 1.165) is 12.1 Å². The lowest BCUT2D eigenvalue weighted by atomic mass is 9.96. The number of para-hydroxylation sites is 1. The Labute approximate surface area is 146 Å². The minimum atomic E-state index is -0.211. The number of benzene rings is 1. The standard InChI is InChI=1S/C19H23N3OS/c1-3-20-19(23)13(2)21-12-16(18-9-6-10-24-18)15-11-22-17-8-5-4-7-14(15)17/h4-11,13,16,21-22H,3,12H2,1-2H3,(H,20,23)/t13-,16+/m1/s1. The molecule has 0 fully saturated rings. The van der Waals surface area contributed by atoms with Crippen LogP contribution in [0.4, 0.5) is 0 Å². The van der Waals surface area contributed by atoms with E-state index >= 15 is 0 Å². The first kappa shape index (κ1) is 16.7. The lowest BCUT2D eigenvalue weighted by Crippen LogP contribution is -2.43. The molecule has 1 aromatic carbocycles. The Morgan fingerprint density at radius 1 is 1.25 bits per heavy atom. The number of fused-ring (bicyclic) bond motifs is 1. The van der Waals surface area contributed by atoms with Gasteiger partial charge in [-0.3, -0.25) is 4.79 Å². The van der Waals surface area contributed by atoms with Gasteiger partial charge in [0.1, 0.15) is 0 Å². The second-order valence-corrected chi connectivity index (χ2v) is 6.86. The van der Waals surface area contributed by atoms with E-state index < -0.39 is 0 Å². The first-order valence-electron chi connectivity index (χ1n) is 8.31. The lowest BCUT2D eigenvalue weighted by Gasteiger charge is -2.19. The number of hydrogen-bond acceptors (Lipinski definition) is 3. The molecule has 0 saturated heterocycles. The zero-order valence-electron chi connectivity index (χ0n) is 14.0. The molecule has 0 radical (unpaired) electrons. The van der Waals surface area contributed by atoms with Crippen LogP contribution in [0.3, 0.4) is 0 Å². The second kappa shape index (κ2) is 7.64. The molecule has 0 unspecified atom stereocenters. The van der Waals surface area contributed by atoms with Gasteiger partial charge in [-0.05, 0) is 36.9 Å². The molecule has 0 aliphatic carbocycles. The molecular formula is C19H23N3OS. The molecule has 2 atom stereocenters. The maximum atomic E-state index is 12.0. The molecule has 0 spiro atoms. The van der Waals surface area contributed by atoms with Crippen LogP contribution in [0.5, 0.6) is 0 Å². The monoisotopic (exact) mass is 341 g/mol. The molecule has 5 heteroatoms. The number of rotatable bonds is 7. The van der Waals surface area contributed by atoms with E-state index in [-0.39, 0.29) is 17.9 Å². The van der Waals surface area contributed by atoms with Crippen LogP contribution >= 0.6 is 11.3 Å². The predicted octanol–water partition coefficient (Wildman–Crippen LogP) is 3.48. The van der Waals surface area contributed by atoms with Crippen molar-refractivity contribution in [1.29, 1.82) is 0 Å². The van der Waals surface area contributed by atoms with Gasteiger partial charge >= 0.3 is 0 Å². The minimum absolute atomic E-state index is 0.0429. The van der Waals surface area contributed by atoms with Crippen molar-refractivity contribution in [2.45, 2.75) is 25.8 Å². The third-order valence-corrected chi connectivity index (χ3v) is 5.24. The van der Waals surface area contributed by atoms with Crippen LogP contribution in [0.25, 0.3) is 10.9 Å². The third kappa shape index (κ3) is 3.52. The van der Waals surface area contributed by atoms with E-state index in [1.165, 1.54) is 15.8 Å². The fourth-order valence-corrected chi connectivity index (χ4v) is 3.80. The summed E-state index contributed by atoms with van der Waals surface area (Å²) in [5.41, 5.74) is 2.41. The van der Waals surface area contributed by atoms with Crippen molar-refractivity contribution in [2.75, 3.05) is 13.1 Å². The number of hydrogen-bond donors (Lipinski definition) is 3. The summed E-state index contributed by atoms with van der Waals surface area (Å²) in [5, 5.41) is 9.59. The summed E-state index contributed by atoms with van der Waals surface area (Å²) in [5.74, 6) is 0.263. The van der Waals surface area contributed by atoms with E-state index in [4.69, 9.17) is 0 Å². The molecule has 3 aromatic rings. The number of thiophene rings is 1. The first-order valence-corrected chi connectivity index (χ1v) is 9.19. The average molecular weight is 341 g/mol. The van der Waals surface area contributed by atoms with Crippen molar-refractivity contribution >= 4 is 28.1 Å². The summed E-state index contributed by atoms with van der Waals surface area (Å²) in [7, 11) is 0. The van der Waals surface area contributed by atoms with Crippen molar-refractivity contribution in [1.82, 2.24) is 15.6 Å². The Morgan fingerprint density at radius 2 is 2.08 bits per heavy atom. The highest BCUT2D eigenvalue weighted by atomic mass is 32.1. The average Bonchev–Trinajstić information content (AvgIpc) is 3.25. The number of carbonyl (C=O) groups excluding carboxylic acids is 1. The quantitative estimate of drug-likeness (QED) is 0.616. The van der Waals surface area contributed by atoms with Crippen LogP contribution in [0.1, 0.15) is 30.2 Å². The van der Waals surface area contributed by atoms with Gasteiger partial charge in [0.05, 0.1) is 6.04 Å². The Morgan fingerprint density at radius 3 is 2.83 bits per heavy atom. The Hall–Kier alpha value is -2.11. The van der Waals surface area contributed by atoms with Gasteiger partial charge in [-0.25, -0.2) is 0 Å². The molecule has 2 heterocycles. The number of amides is 1. The van der Waals surface area contributed by atoms with E-state index in [1.54, 1.807) is 11.3 Å². The van der Waals surface area contributed by atoms with Gasteiger partial charge in [0.25, 0.3) is 0 Å². The molecule has 126 valence electrons. The van der Waals surface area contributed by atoms with Gasteiger partial charge in [-0.1, -0.05) is 24.3 Å². The number of carbonyl (C=O) groups is 1. The van der Waals surface area contributed by atoms with Crippen LogP contribution in [0.2, 0.25) is 0 Å². The van der Waals surface area contributed by atoms with Gasteiger partial charge in [-0.15, -0.1) is 11.3 Å². The minimum Gasteiger partial charge on any atom is -0.361 e. The van der Waals surface area contributed by atoms with Gasteiger partial charge in [0, 0.05) is 41.0 Å². The van der Waals surface area contributed by atoms with Gasteiger partial charge < -0.3 is 15.6 Å². The molecule has 0 aliphatic rings. The Kier molecular flexibility index (Phi) is 5.33. The number of likely N-dealkylation sites (N-methyl/N-ethyl adjacent to an activating group) is 1. The molecule has 2 aromatic heterocycles. The van der Waals surface area contributed by atoms with Crippen molar-refractivity contribution in [3.05, 3.63) is 58.4 Å². The van der Waals surface area contributed by atoms with Crippen LogP contribution in [-0.2, 0) is 4.79 Å². The number of H-pyrrole nitrogens is 1. The smallest absolute Gasteiger partial charge is 0.236 e. The molecule has 0 bridgehead atoms. The molecule has 3 N–H and O–H groups in total. The number of aromatic nitrogens is 1. The molecule has 4 nitrogen and oxygen atoms in total. The van der Waals surface area contributed by atoms with Crippen molar-refractivity contribution in [3.63, 3.8) is 0 Å². The van der Waals surface area contributed by atoms with Gasteiger partial charge in [0.2, 0.25) is 5.91 Å². The normalized spacial score (nSPS) is 13.8. The number of aromatic amines is 1. The summed E-state index contributed by atoms with van der Waals surface area (Å²) in [6, 6.07) is 12.4. The fourth-order valence-electron chi connectivity index (χ4n) is 2.95. The Bertz CT molecular complexity index is 794. The zero-order valence-corrected chi connectivity index (χ0v) is 14.8. The summed E-state index contributed by atoms with van der Waals surface area (Å²) >= 11 is 1.75. The van der Waals surface area contributed by atoms with E-state index in [9.17, 15) is 4.79 Å². The molecular weight excluding hydrogens is 318 g/mol. The van der Waals surface area contributed by atoms with E-state index in [0.29, 0.717) is 6.54 Å². The van der Waals surface area contributed by atoms with Crippen molar-refractivity contribution < 1.29 is 4.79 Å². The van der Waals surface area contributed by atoms with Crippen LogP contribution in [0.15, 0.2) is 48.0 Å². The predicted molar refractivity (Wildman–Crippen MR) is 101 cm³/mol. The van der Waals surface area contributed by atoms with Crippen LogP contribution in [-0.4, -0.2) is 30.0 Å². The lowest BCUT2D eigenvalue weighted by molar-refractivity contribution is -0.122. The Balaban J connectivity index is 1.84. The third-order valence-electron chi connectivity index (χ3n) is 4.26. The van der Waals surface area contributed by atoms with Gasteiger partial charge in [0.15, 0.2) is 0 Å². The highest BCUT2D eigenvalue weighted by Crippen LogP contribution is 2.32. The largest absolute Gasteiger partial charge is 0.361 e.